The Morgan fingerprint density at radius 1 is 1.10 bits per heavy atom. The highest BCUT2D eigenvalue weighted by molar-refractivity contribution is 7.88. The van der Waals surface area contributed by atoms with E-state index in [1.54, 1.807) is 7.05 Å². The molecule has 0 saturated heterocycles. The van der Waals surface area contributed by atoms with Gasteiger partial charge in [0.25, 0.3) is 0 Å². The number of rotatable bonds is 6. The molecule has 3 rings (SSSR count). The second kappa shape index (κ2) is 9.71. The highest BCUT2D eigenvalue weighted by Gasteiger charge is 2.16. The first-order valence-corrected chi connectivity index (χ1v) is 11.3. The molecule has 0 amide bonds. The molecule has 2 aromatic carbocycles. The van der Waals surface area contributed by atoms with Gasteiger partial charge in [0, 0.05) is 26.7 Å². The SMILES string of the molecule is CN=C(NCc1cccc(CS(=O)(=O)NC)c1)N1CC=C(c2ccccc2)CC1. The predicted octanol–water partition coefficient (Wildman–Crippen LogP) is 2.60. The third-order valence-electron chi connectivity index (χ3n) is 4.97. The summed E-state index contributed by atoms with van der Waals surface area (Å²) in [6.07, 6.45) is 3.23. The van der Waals surface area contributed by atoms with Crippen LogP contribution in [0.4, 0.5) is 0 Å². The maximum absolute atomic E-state index is 11.8. The lowest BCUT2D eigenvalue weighted by Crippen LogP contribution is -2.43. The zero-order valence-corrected chi connectivity index (χ0v) is 17.7. The average molecular weight is 413 g/mol. The number of nitrogens with zero attached hydrogens (tertiary/aromatic N) is 2. The van der Waals surface area contributed by atoms with Gasteiger partial charge in [0.15, 0.2) is 5.96 Å². The fourth-order valence-corrected chi connectivity index (χ4v) is 4.17. The Balaban J connectivity index is 1.60. The highest BCUT2D eigenvalue weighted by atomic mass is 32.2. The van der Waals surface area contributed by atoms with Gasteiger partial charge in [-0.05, 0) is 35.7 Å². The minimum Gasteiger partial charge on any atom is -0.352 e. The van der Waals surface area contributed by atoms with Gasteiger partial charge in [-0.3, -0.25) is 4.99 Å². The van der Waals surface area contributed by atoms with Crippen molar-refractivity contribution in [3.05, 3.63) is 77.4 Å². The second-order valence-electron chi connectivity index (χ2n) is 6.98. The van der Waals surface area contributed by atoms with Crippen molar-refractivity contribution in [3.63, 3.8) is 0 Å². The van der Waals surface area contributed by atoms with Crippen LogP contribution in [0.15, 0.2) is 65.7 Å². The Labute approximate surface area is 173 Å². The smallest absolute Gasteiger partial charge is 0.215 e. The Bertz CT molecular complexity index is 985. The summed E-state index contributed by atoms with van der Waals surface area (Å²) in [5.41, 5.74) is 4.44. The third kappa shape index (κ3) is 5.92. The molecular weight excluding hydrogens is 384 g/mol. The lowest BCUT2D eigenvalue weighted by molar-refractivity contribution is 0.440. The lowest BCUT2D eigenvalue weighted by atomic mass is 10.00. The van der Waals surface area contributed by atoms with Crippen molar-refractivity contribution in [1.29, 1.82) is 0 Å². The molecule has 0 bridgehead atoms. The molecule has 0 aliphatic carbocycles. The second-order valence-corrected chi connectivity index (χ2v) is 8.90. The fourth-order valence-electron chi connectivity index (χ4n) is 3.41. The minimum atomic E-state index is -3.28. The molecule has 0 atom stereocenters. The van der Waals surface area contributed by atoms with Gasteiger partial charge >= 0.3 is 0 Å². The van der Waals surface area contributed by atoms with Crippen LogP contribution in [0.1, 0.15) is 23.1 Å². The molecule has 0 aromatic heterocycles. The van der Waals surface area contributed by atoms with Crippen molar-refractivity contribution in [2.75, 3.05) is 27.2 Å². The summed E-state index contributed by atoms with van der Waals surface area (Å²) in [5.74, 6) is 0.826. The summed E-state index contributed by atoms with van der Waals surface area (Å²) in [5, 5.41) is 3.40. The fraction of sp³-hybridized carbons (Fsp3) is 0.318. The van der Waals surface area contributed by atoms with Gasteiger partial charge in [-0.25, -0.2) is 13.1 Å². The van der Waals surface area contributed by atoms with Crippen molar-refractivity contribution >= 4 is 21.6 Å². The predicted molar refractivity (Wildman–Crippen MR) is 119 cm³/mol. The van der Waals surface area contributed by atoms with E-state index in [0.717, 1.165) is 36.6 Å². The van der Waals surface area contributed by atoms with Crippen LogP contribution in [0.25, 0.3) is 5.57 Å². The number of hydrogen-bond donors (Lipinski definition) is 2. The summed E-state index contributed by atoms with van der Waals surface area (Å²) >= 11 is 0. The van der Waals surface area contributed by atoms with Gasteiger partial charge < -0.3 is 10.2 Å². The van der Waals surface area contributed by atoms with Gasteiger partial charge in [-0.1, -0.05) is 60.7 Å². The number of hydrogen-bond acceptors (Lipinski definition) is 3. The summed E-state index contributed by atoms with van der Waals surface area (Å²) in [6, 6.07) is 18.1. The quantitative estimate of drug-likeness (QED) is 0.565. The molecule has 1 aliphatic heterocycles. The lowest BCUT2D eigenvalue weighted by Gasteiger charge is -2.30. The van der Waals surface area contributed by atoms with Crippen LogP contribution in [-0.4, -0.2) is 46.5 Å². The Morgan fingerprint density at radius 3 is 2.52 bits per heavy atom. The number of nitrogens with one attached hydrogen (secondary N) is 2. The molecule has 1 heterocycles. The Kier molecular flexibility index (Phi) is 7.06. The van der Waals surface area contributed by atoms with E-state index in [1.165, 1.54) is 18.2 Å². The van der Waals surface area contributed by atoms with Crippen molar-refractivity contribution in [2.24, 2.45) is 4.99 Å². The minimum absolute atomic E-state index is 0.0226. The zero-order valence-electron chi connectivity index (χ0n) is 16.9. The average Bonchev–Trinajstić information content (AvgIpc) is 2.75. The van der Waals surface area contributed by atoms with E-state index in [9.17, 15) is 8.42 Å². The van der Waals surface area contributed by atoms with E-state index < -0.39 is 10.0 Å². The molecule has 0 saturated carbocycles. The van der Waals surface area contributed by atoms with Crippen molar-refractivity contribution < 1.29 is 8.42 Å². The molecule has 0 radical (unpaired) electrons. The molecule has 0 fully saturated rings. The molecule has 7 heteroatoms. The summed E-state index contributed by atoms with van der Waals surface area (Å²) in [6.45, 7) is 2.30. The van der Waals surface area contributed by atoms with Crippen LogP contribution in [0.2, 0.25) is 0 Å². The number of sulfonamides is 1. The van der Waals surface area contributed by atoms with E-state index in [-0.39, 0.29) is 5.75 Å². The van der Waals surface area contributed by atoms with Crippen molar-refractivity contribution in [2.45, 2.75) is 18.7 Å². The molecule has 154 valence electrons. The van der Waals surface area contributed by atoms with Crippen LogP contribution in [0.3, 0.4) is 0 Å². The Morgan fingerprint density at radius 2 is 1.86 bits per heavy atom. The molecule has 0 spiro atoms. The molecule has 29 heavy (non-hydrogen) atoms. The van der Waals surface area contributed by atoms with Gasteiger partial charge in [0.05, 0.1) is 5.75 Å². The van der Waals surface area contributed by atoms with Crippen molar-refractivity contribution in [1.82, 2.24) is 14.9 Å². The topological polar surface area (TPSA) is 73.8 Å². The Hall–Kier alpha value is -2.64. The van der Waals surface area contributed by atoms with E-state index >= 15 is 0 Å². The summed E-state index contributed by atoms with van der Waals surface area (Å²) < 4.78 is 25.9. The van der Waals surface area contributed by atoms with E-state index in [0.29, 0.717) is 6.54 Å². The van der Waals surface area contributed by atoms with Crippen LogP contribution >= 0.6 is 0 Å². The zero-order chi connectivity index (χ0) is 20.7. The third-order valence-corrected chi connectivity index (χ3v) is 6.31. The van der Waals surface area contributed by atoms with E-state index in [1.807, 2.05) is 30.3 Å². The van der Waals surface area contributed by atoms with Crippen LogP contribution in [-0.2, 0) is 22.3 Å². The van der Waals surface area contributed by atoms with Crippen LogP contribution in [0.5, 0.6) is 0 Å². The first-order valence-electron chi connectivity index (χ1n) is 9.70. The van der Waals surface area contributed by atoms with Gasteiger partial charge in [0.2, 0.25) is 10.0 Å². The monoisotopic (exact) mass is 412 g/mol. The first-order chi connectivity index (χ1) is 14.0. The molecule has 1 aliphatic rings. The number of benzene rings is 2. The standard InChI is InChI=1S/C22H28N4O2S/c1-23-22(26-13-11-21(12-14-26)20-9-4-3-5-10-20)25-16-18-7-6-8-19(15-18)17-29(27,28)24-2/h3-11,15,24H,12-14,16-17H2,1-2H3,(H,23,25). The van der Waals surface area contributed by atoms with Gasteiger partial charge in [0.1, 0.15) is 0 Å². The molecule has 2 N–H and O–H groups in total. The van der Waals surface area contributed by atoms with Crippen LogP contribution < -0.4 is 10.0 Å². The number of aliphatic imine (C=N–C) groups is 1. The van der Waals surface area contributed by atoms with Crippen molar-refractivity contribution in [3.8, 4) is 0 Å². The van der Waals surface area contributed by atoms with E-state index in [2.05, 4.69) is 50.3 Å². The maximum Gasteiger partial charge on any atom is 0.215 e. The molecular formula is C22H28N4O2S. The first kappa shape index (κ1) is 21.1. The molecule has 0 unspecified atom stereocenters. The normalized spacial score (nSPS) is 15.2. The molecule has 2 aromatic rings. The van der Waals surface area contributed by atoms with Gasteiger partial charge in [-0.2, -0.15) is 0 Å². The summed E-state index contributed by atoms with van der Waals surface area (Å²) in [4.78, 5) is 6.64. The number of guanidine groups is 1. The molecule has 6 nitrogen and oxygen atoms in total. The van der Waals surface area contributed by atoms with Crippen LogP contribution in [0, 0.1) is 0 Å². The summed E-state index contributed by atoms with van der Waals surface area (Å²) in [7, 11) is -0.0614. The van der Waals surface area contributed by atoms with E-state index in [4.69, 9.17) is 0 Å². The van der Waals surface area contributed by atoms with Gasteiger partial charge in [-0.15, -0.1) is 0 Å². The highest BCUT2D eigenvalue weighted by Crippen LogP contribution is 2.22. The maximum atomic E-state index is 11.8. The largest absolute Gasteiger partial charge is 0.352 e.